The van der Waals surface area contributed by atoms with Gasteiger partial charge in [-0.1, -0.05) is 58.9 Å². The Bertz CT molecular complexity index is 308. The average molecular weight is 287 g/mol. The van der Waals surface area contributed by atoms with E-state index in [4.69, 9.17) is 0 Å². The molecule has 0 fully saturated rings. The van der Waals surface area contributed by atoms with Crippen LogP contribution in [0.25, 0.3) is 0 Å². The van der Waals surface area contributed by atoms with Crippen LogP contribution in [0, 0.1) is 0 Å². The van der Waals surface area contributed by atoms with Crippen LogP contribution in [0.1, 0.15) is 29.3 Å². The minimum atomic E-state index is 0.171. The van der Waals surface area contributed by atoms with Gasteiger partial charge in [0, 0.05) is 10.9 Å². The third-order valence-electron chi connectivity index (χ3n) is 2.06. The van der Waals surface area contributed by atoms with Gasteiger partial charge in [-0.25, -0.2) is 0 Å². The molecular weight excluding hydrogens is 272 g/mol. The molecule has 3 heteroatoms. The van der Waals surface area contributed by atoms with Crippen molar-refractivity contribution in [3.05, 3.63) is 35.4 Å². The molecule has 0 aromatic heterocycles. The van der Waals surface area contributed by atoms with E-state index in [1.807, 2.05) is 31.2 Å². The summed E-state index contributed by atoms with van der Waals surface area (Å²) in [4.78, 5) is 11.5. The normalized spacial score (nSPS) is 10.3. The van der Waals surface area contributed by atoms with E-state index in [2.05, 4.69) is 15.9 Å². The molecule has 0 aliphatic rings. The predicted octanol–water partition coefficient (Wildman–Crippen LogP) is 3.91. The highest BCUT2D eigenvalue weighted by Gasteiger charge is 2.04. The summed E-state index contributed by atoms with van der Waals surface area (Å²) in [5.41, 5.74) is 2.11. The summed E-state index contributed by atoms with van der Waals surface area (Å²) in [6.07, 6.45) is 2.21. The van der Waals surface area contributed by atoms with Crippen molar-refractivity contribution in [3.8, 4) is 0 Å². The van der Waals surface area contributed by atoms with Gasteiger partial charge >= 0.3 is 0 Å². The standard InChI is InChI=1S/C12H15BrOS/c1-2-15-12(14)11-7-5-10(6-8-11)4-3-9-13/h5-8H,2-4,9H2,1H3. The molecule has 1 rings (SSSR count). The minimum Gasteiger partial charge on any atom is -0.282 e. The highest BCUT2D eigenvalue weighted by atomic mass is 79.9. The zero-order valence-electron chi connectivity index (χ0n) is 8.83. The molecule has 0 heterocycles. The van der Waals surface area contributed by atoms with Gasteiger partial charge in [0.05, 0.1) is 0 Å². The zero-order chi connectivity index (χ0) is 11.1. The van der Waals surface area contributed by atoms with E-state index in [-0.39, 0.29) is 5.12 Å². The molecule has 82 valence electrons. The molecule has 0 atom stereocenters. The number of rotatable bonds is 5. The Balaban J connectivity index is 2.59. The lowest BCUT2D eigenvalue weighted by Crippen LogP contribution is -1.94. The fourth-order valence-electron chi connectivity index (χ4n) is 1.29. The number of alkyl halides is 1. The van der Waals surface area contributed by atoms with Crippen LogP contribution in [0.3, 0.4) is 0 Å². The van der Waals surface area contributed by atoms with Gasteiger partial charge in [-0.05, 0) is 24.2 Å². The highest BCUT2D eigenvalue weighted by molar-refractivity contribution is 9.09. The van der Waals surface area contributed by atoms with E-state index < -0.39 is 0 Å². The molecular formula is C12H15BrOS. The largest absolute Gasteiger partial charge is 0.282 e. The van der Waals surface area contributed by atoms with Gasteiger partial charge in [0.25, 0.3) is 0 Å². The van der Waals surface area contributed by atoms with Crippen LogP contribution in [-0.4, -0.2) is 16.2 Å². The van der Waals surface area contributed by atoms with Crippen molar-refractivity contribution in [1.82, 2.24) is 0 Å². The van der Waals surface area contributed by atoms with Crippen LogP contribution in [0.2, 0.25) is 0 Å². The van der Waals surface area contributed by atoms with Crippen molar-refractivity contribution in [3.63, 3.8) is 0 Å². The monoisotopic (exact) mass is 286 g/mol. The quantitative estimate of drug-likeness (QED) is 0.764. The summed E-state index contributed by atoms with van der Waals surface area (Å²) in [6, 6.07) is 7.95. The van der Waals surface area contributed by atoms with E-state index in [9.17, 15) is 4.79 Å². The second kappa shape index (κ2) is 7.07. The van der Waals surface area contributed by atoms with E-state index in [0.717, 1.165) is 29.5 Å². The Morgan fingerprint density at radius 1 is 1.33 bits per heavy atom. The molecule has 1 nitrogen and oxygen atoms in total. The highest BCUT2D eigenvalue weighted by Crippen LogP contribution is 2.14. The molecule has 1 aromatic rings. The molecule has 0 amide bonds. The van der Waals surface area contributed by atoms with Crippen molar-refractivity contribution in [2.24, 2.45) is 0 Å². The fourth-order valence-corrected chi connectivity index (χ4v) is 2.14. The Morgan fingerprint density at radius 2 is 2.00 bits per heavy atom. The van der Waals surface area contributed by atoms with E-state index in [1.165, 1.54) is 17.3 Å². The molecule has 0 bridgehead atoms. The van der Waals surface area contributed by atoms with Crippen molar-refractivity contribution >= 4 is 32.8 Å². The average Bonchev–Trinajstić information content (AvgIpc) is 2.27. The molecule has 15 heavy (non-hydrogen) atoms. The lowest BCUT2D eigenvalue weighted by Gasteiger charge is -2.01. The van der Waals surface area contributed by atoms with E-state index in [0.29, 0.717) is 0 Å². The molecule has 0 unspecified atom stereocenters. The molecule has 0 radical (unpaired) electrons. The Morgan fingerprint density at radius 3 is 2.53 bits per heavy atom. The van der Waals surface area contributed by atoms with Crippen molar-refractivity contribution < 1.29 is 4.79 Å². The van der Waals surface area contributed by atoms with Crippen molar-refractivity contribution in [2.45, 2.75) is 19.8 Å². The fraction of sp³-hybridized carbons (Fsp3) is 0.417. The summed E-state index contributed by atoms with van der Waals surface area (Å²) < 4.78 is 0. The van der Waals surface area contributed by atoms with Crippen LogP contribution >= 0.6 is 27.7 Å². The molecule has 0 saturated carbocycles. The predicted molar refractivity (Wildman–Crippen MR) is 71.0 cm³/mol. The van der Waals surface area contributed by atoms with Gasteiger partial charge in [-0.15, -0.1) is 0 Å². The van der Waals surface area contributed by atoms with Crippen molar-refractivity contribution in [2.75, 3.05) is 11.1 Å². The van der Waals surface area contributed by atoms with Crippen LogP contribution < -0.4 is 0 Å². The summed E-state index contributed by atoms with van der Waals surface area (Å²) in [7, 11) is 0. The molecule has 1 aromatic carbocycles. The maximum Gasteiger partial charge on any atom is 0.219 e. The maximum atomic E-state index is 11.5. The van der Waals surface area contributed by atoms with Gasteiger partial charge < -0.3 is 0 Å². The van der Waals surface area contributed by atoms with Crippen LogP contribution in [0.4, 0.5) is 0 Å². The molecule has 0 aliphatic heterocycles. The Labute approximate surface area is 104 Å². The molecule has 0 spiro atoms. The first kappa shape index (κ1) is 12.8. The number of thioether (sulfide) groups is 1. The van der Waals surface area contributed by atoms with E-state index in [1.54, 1.807) is 0 Å². The third kappa shape index (κ3) is 4.39. The lowest BCUT2D eigenvalue weighted by atomic mass is 10.1. The number of halogens is 1. The van der Waals surface area contributed by atoms with Gasteiger partial charge in [0.1, 0.15) is 0 Å². The smallest absolute Gasteiger partial charge is 0.219 e. The second-order valence-corrected chi connectivity index (χ2v) is 5.24. The van der Waals surface area contributed by atoms with Crippen LogP contribution in [0.5, 0.6) is 0 Å². The third-order valence-corrected chi connectivity index (χ3v) is 3.41. The second-order valence-electron chi connectivity index (χ2n) is 3.21. The SMILES string of the molecule is CCSC(=O)c1ccc(CCCBr)cc1. The van der Waals surface area contributed by atoms with Crippen LogP contribution in [0.15, 0.2) is 24.3 Å². The van der Waals surface area contributed by atoms with Crippen LogP contribution in [-0.2, 0) is 6.42 Å². The number of benzene rings is 1. The summed E-state index contributed by atoms with van der Waals surface area (Å²) in [5, 5.41) is 1.20. The Hall–Kier alpha value is -0.280. The lowest BCUT2D eigenvalue weighted by molar-refractivity contribution is 0.108. The van der Waals surface area contributed by atoms with Gasteiger partial charge in [0.15, 0.2) is 0 Å². The first-order valence-corrected chi connectivity index (χ1v) is 7.20. The van der Waals surface area contributed by atoms with E-state index >= 15 is 0 Å². The zero-order valence-corrected chi connectivity index (χ0v) is 11.2. The summed E-state index contributed by atoms with van der Waals surface area (Å²) >= 11 is 4.77. The minimum absolute atomic E-state index is 0.171. The first-order valence-electron chi connectivity index (χ1n) is 5.10. The number of hydrogen-bond acceptors (Lipinski definition) is 2. The number of carbonyl (C=O) groups excluding carboxylic acids is 1. The number of aryl methyl sites for hydroxylation is 1. The van der Waals surface area contributed by atoms with Gasteiger partial charge in [-0.3, -0.25) is 4.79 Å². The topological polar surface area (TPSA) is 17.1 Å². The van der Waals surface area contributed by atoms with Crippen molar-refractivity contribution in [1.29, 1.82) is 0 Å². The first-order chi connectivity index (χ1) is 7.27. The van der Waals surface area contributed by atoms with Gasteiger partial charge in [0.2, 0.25) is 5.12 Å². The number of carbonyl (C=O) groups is 1. The molecule has 0 N–H and O–H groups in total. The summed E-state index contributed by atoms with van der Waals surface area (Å²) in [5.74, 6) is 0.837. The van der Waals surface area contributed by atoms with Gasteiger partial charge in [-0.2, -0.15) is 0 Å². The number of hydrogen-bond donors (Lipinski definition) is 0. The maximum absolute atomic E-state index is 11.5. The summed E-state index contributed by atoms with van der Waals surface area (Å²) in [6.45, 7) is 1.99. The molecule has 0 aliphatic carbocycles. The molecule has 0 saturated heterocycles. The Kier molecular flexibility index (Phi) is 6.03.